The van der Waals surface area contributed by atoms with Crippen LogP contribution in [0.2, 0.25) is 0 Å². The van der Waals surface area contributed by atoms with E-state index in [1.165, 1.54) is 31.2 Å². The van der Waals surface area contributed by atoms with Crippen LogP contribution in [-0.4, -0.2) is 15.4 Å². The number of aromatic nitrogens is 2. The summed E-state index contributed by atoms with van der Waals surface area (Å²) in [5, 5.41) is 4.82. The van der Waals surface area contributed by atoms with Crippen LogP contribution in [-0.2, 0) is 12.2 Å². The molecule has 1 atom stereocenters. The molecule has 0 amide bonds. The third-order valence-electron chi connectivity index (χ3n) is 3.85. The molecule has 1 saturated carbocycles. The van der Waals surface area contributed by atoms with Gasteiger partial charge < -0.3 is 10.3 Å². The third kappa shape index (κ3) is 4.08. The van der Waals surface area contributed by atoms with Gasteiger partial charge in [-0.3, -0.25) is 0 Å². The maximum atomic E-state index is 6.16. The smallest absolute Gasteiger partial charge is 0.243 e. The highest BCUT2D eigenvalue weighted by molar-refractivity contribution is 7.99. The highest BCUT2D eigenvalue weighted by Crippen LogP contribution is 2.31. The minimum absolute atomic E-state index is 0.231. The molecule has 0 aliphatic heterocycles. The Bertz CT molecular complexity index is 552. The van der Waals surface area contributed by atoms with Crippen molar-refractivity contribution >= 4 is 11.8 Å². The maximum absolute atomic E-state index is 6.16. The molecule has 0 saturated heterocycles. The molecule has 5 heteroatoms. The molecule has 2 N–H and O–H groups in total. The van der Waals surface area contributed by atoms with Gasteiger partial charge in [0.05, 0.1) is 11.8 Å². The van der Waals surface area contributed by atoms with Crippen molar-refractivity contribution in [2.75, 3.05) is 0 Å². The highest BCUT2D eigenvalue weighted by atomic mass is 32.2. The van der Waals surface area contributed by atoms with Crippen molar-refractivity contribution in [3.8, 4) is 0 Å². The lowest BCUT2D eigenvalue weighted by molar-refractivity contribution is 0.351. The summed E-state index contributed by atoms with van der Waals surface area (Å²) in [6, 6.07) is 9.92. The number of thioether (sulfide) groups is 1. The molecule has 4 nitrogen and oxygen atoms in total. The maximum Gasteiger partial charge on any atom is 0.243 e. The van der Waals surface area contributed by atoms with Gasteiger partial charge in [-0.05, 0) is 24.8 Å². The van der Waals surface area contributed by atoms with Gasteiger partial charge in [0.2, 0.25) is 5.89 Å². The van der Waals surface area contributed by atoms with Crippen molar-refractivity contribution in [3.05, 3.63) is 47.6 Å². The fourth-order valence-electron chi connectivity index (χ4n) is 2.68. The molecule has 1 aromatic heterocycles. The molecule has 2 aromatic rings. The van der Waals surface area contributed by atoms with Crippen LogP contribution in [0.25, 0.3) is 0 Å². The Labute approximate surface area is 129 Å². The first kappa shape index (κ1) is 14.6. The first-order valence-corrected chi connectivity index (χ1v) is 8.60. The Hall–Kier alpha value is -1.33. The van der Waals surface area contributed by atoms with E-state index >= 15 is 0 Å². The van der Waals surface area contributed by atoms with E-state index in [0.717, 1.165) is 23.2 Å². The number of nitrogens with two attached hydrogens (primary N) is 1. The van der Waals surface area contributed by atoms with Crippen LogP contribution in [0.1, 0.15) is 49.0 Å². The molecule has 0 spiro atoms. The van der Waals surface area contributed by atoms with Crippen molar-refractivity contribution < 1.29 is 4.52 Å². The van der Waals surface area contributed by atoms with Gasteiger partial charge in [-0.2, -0.15) is 16.7 Å². The Kier molecular flexibility index (Phi) is 4.93. The standard InChI is InChI=1S/C16H21N3OS/c17-14(10-12-6-2-1-3-7-12)16-18-15(19-20-16)11-21-13-8-4-5-9-13/h1-3,6-7,13-14H,4-5,8-11,17H2/t14-/m0/s1. The van der Waals surface area contributed by atoms with E-state index in [2.05, 4.69) is 22.3 Å². The van der Waals surface area contributed by atoms with E-state index in [4.69, 9.17) is 10.3 Å². The van der Waals surface area contributed by atoms with Gasteiger partial charge >= 0.3 is 0 Å². The Morgan fingerprint density at radius 2 is 2.00 bits per heavy atom. The first-order chi connectivity index (χ1) is 10.3. The summed E-state index contributed by atoms with van der Waals surface area (Å²) in [5.41, 5.74) is 7.34. The lowest BCUT2D eigenvalue weighted by Gasteiger charge is -2.06. The largest absolute Gasteiger partial charge is 0.338 e. The average molecular weight is 303 g/mol. The van der Waals surface area contributed by atoms with Gasteiger partial charge in [0, 0.05) is 5.25 Å². The zero-order chi connectivity index (χ0) is 14.5. The Balaban J connectivity index is 1.53. The average Bonchev–Trinajstić information content (AvgIpc) is 3.18. The predicted molar refractivity (Wildman–Crippen MR) is 84.9 cm³/mol. The van der Waals surface area contributed by atoms with Crippen LogP contribution >= 0.6 is 11.8 Å². The van der Waals surface area contributed by atoms with Gasteiger partial charge in [-0.15, -0.1) is 0 Å². The zero-order valence-corrected chi connectivity index (χ0v) is 12.9. The van der Waals surface area contributed by atoms with Crippen LogP contribution in [0.15, 0.2) is 34.9 Å². The van der Waals surface area contributed by atoms with Crippen LogP contribution in [0, 0.1) is 0 Å². The molecule has 112 valence electrons. The molecule has 0 bridgehead atoms. The fraction of sp³-hybridized carbons (Fsp3) is 0.500. The fourth-order valence-corrected chi connectivity index (χ4v) is 3.85. The summed E-state index contributed by atoms with van der Waals surface area (Å²) in [4.78, 5) is 4.44. The minimum Gasteiger partial charge on any atom is -0.338 e. The van der Waals surface area contributed by atoms with Crippen LogP contribution in [0.3, 0.4) is 0 Å². The number of hydrogen-bond acceptors (Lipinski definition) is 5. The molecular weight excluding hydrogens is 282 g/mol. The molecule has 0 radical (unpaired) electrons. The second kappa shape index (κ2) is 7.09. The molecule has 1 aliphatic carbocycles. The molecule has 1 aromatic carbocycles. The van der Waals surface area contributed by atoms with Gasteiger partial charge in [0.1, 0.15) is 0 Å². The van der Waals surface area contributed by atoms with Crippen molar-refractivity contribution in [1.82, 2.24) is 10.1 Å². The number of benzene rings is 1. The van der Waals surface area contributed by atoms with Crippen molar-refractivity contribution in [2.45, 2.75) is 49.1 Å². The summed E-state index contributed by atoms with van der Waals surface area (Å²) < 4.78 is 5.31. The van der Waals surface area contributed by atoms with Crippen molar-refractivity contribution in [2.24, 2.45) is 5.73 Å². The topological polar surface area (TPSA) is 64.9 Å². The van der Waals surface area contributed by atoms with E-state index < -0.39 is 0 Å². The van der Waals surface area contributed by atoms with E-state index in [-0.39, 0.29) is 6.04 Å². The number of hydrogen-bond donors (Lipinski definition) is 1. The lowest BCUT2D eigenvalue weighted by Crippen LogP contribution is -2.13. The second-order valence-corrected chi connectivity index (χ2v) is 6.85. The number of rotatable bonds is 6. The summed E-state index contributed by atoms with van der Waals surface area (Å²) in [6.07, 6.45) is 6.08. The third-order valence-corrected chi connectivity index (χ3v) is 5.22. The van der Waals surface area contributed by atoms with Crippen molar-refractivity contribution in [1.29, 1.82) is 0 Å². The minimum atomic E-state index is -0.231. The predicted octanol–water partition coefficient (Wildman–Crippen LogP) is 3.49. The van der Waals surface area contributed by atoms with Crippen LogP contribution in [0.4, 0.5) is 0 Å². The number of nitrogens with zero attached hydrogens (tertiary/aromatic N) is 2. The van der Waals surface area contributed by atoms with E-state index in [1.54, 1.807) is 0 Å². The summed E-state index contributed by atoms with van der Waals surface area (Å²) in [6.45, 7) is 0. The molecule has 1 fully saturated rings. The van der Waals surface area contributed by atoms with Crippen LogP contribution in [0.5, 0.6) is 0 Å². The van der Waals surface area contributed by atoms with Gasteiger partial charge in [0.25, 0.3) is 0 Å². The second-order valence-electron chi connectivity index (χ2n) is 5.56. The molecular formula is C16H21N3OS. The van der Waals surface area contributed by atoms with E-state index in [0.29, 0.717) is 5.89 Å². The Morgan fingerprint density at radius 1 is 1.24 bits per heavy atom. The SMILES string of the molecule is N[C@@H](Cc1ccccc1)c1nc(CSC2CCCC2)no1. The summed E-state index contributed by atoms with van der Waals surface area (Å²) in [7, 11) is 0. The quantitative estimate of drug-likeness (QED) is 0.885. The zero-order valence-electron chi connectivity index (χ0n) is 12.1. The normalized spacial score (nSPS) is 17.2. The van der Waals surface area contributed by atoms with Gasteiger partial charge in [-0.25, -0.2) is 0 Å². The van der Waals surface area contributed by atoms with E-state index in [9.17, 15) is 0 Å². The highest BCUT2D eigenvalue weighted by Gasteiger charge is 2.18. The summed E-state index contributed by atoms with van der Waals surface area (Å²) in [5.74, 6) is 2.14. The molecule has 1 heterocycles. The summed E-state index contributed by atoms with van der Waals surface area (Å²) >= 11 is 1.94. The van der Waals surface area contributed by atoms with E-state index in [1.807, 2.05) is 30.0 Å². The molecule has 21 heavy (non-hydrogen) atoms. The monoisotopic (exact) mass is 303 g/mol. The Morgan fingerprint density at radius 3 is 2.76 bits per heavy atom. The van der Waals surface area contributed by atoms with Gasteiger partial charge in [0.15, 0.2) is 5.82 Å². The molecule has 3 rings (SSSR count). The van der Waals surface area contributed by atoms with Crippen molar-refractivity contribution in [3.63, 3.8) is 0 Å². The molecule has 0 unspecified atom stereocenters. The lowest BCUT2D eigenvalue weighted by atomic mass is 10.1. The van der Waals surface area contributed by atoms with Crippen LogP contribution < -0.4 is 5.73 Å². The first-order valence-electron chi connectivity index (χ1n) is 7.55. The molecule has 1 aliphatic rings. The van der Waals surface area contributed by atoms with Gasteiger partial charge in [-0.1, -0.05) is 48.3 Å².